The van der Waals surface area contributed by atoms with E-state index in [1.54, 1.807) is 29.2 Å². The van der Waals surface area contributed by atoms with Crippen molar-refractivity contribution >= 4 is 46.7 Å². The van der Waals surface area contributed by atoms with Crippen LogP contribution in [0.4, 0.5) is 18.9 Å². The Kier molecular flexibility index (Phi) is 8.02. The highest BCUT2D eigenvalue weighted by Crippen LogP contribution is 2.39. The minimum absolute atomic E-state index is 0.00668. The summed E-state index contributed by atoms with van der Waals surface area (Å²) in [5, 5.41) is 10.1. The highest BCUT2D eigenvalue weighted by Gasteiger charge is 2.32. The van der Waals surface area contributed by atoms with Crippen molar-refractivity contribution in [1.82, 2.24) is 4.90 Å². The maximum Gasteiger partial charge on any atom is 0.416 e. The van der Waals surface area contributed by atoms with Gasteiger partial charge in [-0.2, -0.15) is 13.2 Å². The molecule has 1 atom stereocenters. The fourth-order valence-corrected chi connectivity index (χ4v) is 4.67. The normalized spacial score (nSPS) is 17.0. The molecule has 0 radical (unpaired) electrons. The summed E-state index contributed by atoms with van der Waals surface area (Å²) in [5.74, 6) is -0.236. The minimum atomic E-state index is -4.54. The number of aliphatic hydroxyl groups excluding tert-OH is 1. The lowest BCUT2D eigenvalue weighted by Crippen LogP contribution is -2.44. The number of amides is 1. The third-order valence-electron chi connectivity index (χ3n) is 4.98. The van der Waals surface area contributed by atoms with Crippen LogP contribution in [0.1, 0.15) is 18.4 Å². The van der Waals surface area contributed by atoms with Gasteiger partial charge in [-0.1, -0.05) is 23.2 Å². The third kappa shape index (κ3) is 6.44. The Balaban J connectivity index is 1.90. The summed E-state index contributed by atoms with van der Waals surface area (Å²) in [7, 11) is 0. The molecule has 1 aliphatic heterocycles. The lowest BCUT2D eigenvalue weighted by molar-refractivity contribution is -0.137. The van der Waals surface area contributed by atoms with Crippen LogP contribution in [0.15, 0.2) is 47.4 Å². The number of benzene rings is 2. The fraction of sp³-hybridized carbons (Fsp3) is 0.381. The molecule has 1 aliphatic rings. The SMILES string of the molecule is O=C(CN(Sc1ccc(Cl)cc1)c1cc(C(F)(F)F)ccc1Cl)N1CCCC(CO)C1. The van der Waals surface area contributed by atoms with Crippen molar-refractivity contribution in [3.8, 4) is 0 Å². The van der Waals surface area contributed by atoms with E-state index < -0.39 is 11.7 Å². The molecule has 31 heavy (non-hydrogen) atoms. The van der Waals surface area contributed by atoms with Crippen LogP contribution in [0.5, 0.6) is 0 Å². The second-order valence-corrected chi connectivity index (χ2v) is 9.21. The van der Waals surface area contributed by atoms with Crippen molar-refractivity contribution in [2.45, 2.75) is 23.9 Å². The maximum absolute atomic E-state index is 13.3. The van der Waals surface area contributed by atoms with Crippen molar-refractivity contribution in [2.24, 2.45) is 5.92 Å². The van der Waals surface area contributed by atoms with Gasteiger partial charge in [-0.25, -0.2) is 0 Å². The van der Waals surface area contributed by atoms with Gasteiger partial charge in [-0.15, -0.1) is 0 Å². The molecule has 1 saturated heterocycles. The molecular weight excluding hydrogens is 472 g/mol. The molecule has 4 nitrogen and oxygen atoms in total. The van der Waals surface area contributed by atoms with Crippen LogP contribution in [0.2, 0.25) is 10.0 Å². The summed E-state index contributed by atoms with van der Waals surface area (Å²) in [4.78, 5) is 15.3. The molecule has 0 saturated carbocycles. The van der Waals surface area contributed by atoms with Crippen LogP contribution in [0.3, 0.4) is 0 Å². The van der Waals surface area contributed by atoms with Crippen molar-refractivity contribution < 1.29 is 23.1 Å². The molecule has 2 aromatic rings. The molecule has 1 heterocycles. The first-order chi connectivity index (χ1) is 14.7. The van der Waals surface area contributed by atoms with Gasteiger partial charge in [0.1, 0.15) is 6.54 Å². The molecule has 10 heteroatoms. The standard InChI is InChI=1S/C21H21Cl2F3N2O2S/c22-16-4-6-17(7-5-16)31-28(12-20(30)27-9-1-2-14(11-27)13-29)19-10-15(21(24,25)26)3-8-18(19)23/h3-8,10,14,29H,1-2,9,11-13H2. The Morgan fingerprint density at radius 3 is 2.55 bits per heavy atom. The molecule has 0 aromatic heterocycles. The second kappa shape index (κ2) is 10.3. The Morgan fingerprint density at radius 2 is 1.90 bits per heavy atom. The number of hydrogen-bond donors (Lipinski definition) is 1. The van der Waals surface area contributed by atoms with E-state index in [1.165, 1.54) is 10.4 Å². The third-order valence-corrected chi connectivity index (χ3v) is 6.58. The average Bonchev–Trinajstić information content (AvgIpc) is 2.74. The molecule has 0 bridgehead atoms. The van der Waals surface area contributed by atoms with E-state index in [-0.39, 0.29) is 35.7 Å². The molecular formula is C21H21Cl2F3N2O2S. The number of likely N-dealkylation sites (tertiary alicyclic amines) is 1. The monoisotopic (exact) mass is 492 g/mol. The Hall–Kier alpha value is -1.61. The first-order valence-electron chi connectivity index (χ1n) is 9.64. The van der Waals surface area contributed by atoms with E-state index in [4.69, 9.17) is 23.2 Å². The first-order valence-corrected chi connectivity index (χ1v) is 11.2. The van der Waals surface area contributed by atoms with Gasteiger partial charge in [0.05, 0.1) is 16.3 Å². The van der Waals surface area contributed by atoms with Gasteiger partial charge in [0, 0.05) is 29.6 Å². The zero-order chi connectivity index (χ0) is 22.6. The number of carbonyl (C=O) groups excluding carboxylic acids is 1. The Labute approximate surface area is 193 Å². The molecule has 1 N–H and O–H groups in total. The molecule has 1 amide bonds. The van der Waals surface area contributed by atoms with Crippen LogP contribution in [-0.2, 0) is 11.0 Å². The van der Waals surface area contributed by atoms with Gasteiger partial charge in [-0.05, 0) is 73.2 Å². The summed E-state index contributed by atoms with van der Waals surface area (Å²) in [6.07, 6.45) is -2.93. The van der Waals surface area contributed by atoms with Crippen molar-refractivity contribution in [3.63, 3.8) is 0 Å². The van der Waals surface area contributed by atoms with Crippen LogP contribution in [0.25, 0.3) is 0 Å². The zero-order valence-electron chi connectivity index (χ0n) is 16.4. The number of piperidine rings is 1. The van der Waals surface area contributed by atoms with E-state index in [1.807, 2.05) is 0 Å². The number of alkyl halides is 3. The van der Waals surface area contributed by atoms with E-state index in [2.05, 4.69) is 0 Å². The summed E-state index contributed by atoms with van der Waals surface area (Å²) in [6.45, 7) is 0.787. The molecule has 1 unspecified atom stereocenters. The van der Waals surface area contributed by atoms with Crippen LogP contribution < -0.4 is 4.31 Å². The Morgan fingerprint density at radius 1 is 1.19 bits per heavy atom. The predicted octanol–water partition coefficient (Wildman–Crippen LogP) is 5.76. The lowest BCUT2D eigenvalue weighted by atomic mass is 9.99. The van der Waals surface area contributed by atoms with E-state index in [0.29, 0.717) is 23.0 Å². The zero-order valence-corrected chi connectivity index (χ0v) is 18.7. The van der Waals surface area contributed by atoms with Crippen LogP contribution >= 0.6 is 35.1 Å². The van der Waals surface area contributed by atoms with Gasteiger partial charge in [0.25, 0.3) is 0 Å². The largest absolute Gasteiger partial charge is 0.416 e. The van der Waals surface area contributed by atoms with E-state index in [0.717, 1.165) is 36.9 Å². The lowest BCUT2D eigenvalue weighted by Gasteiger charge is -2.34. The molecule has 0 spiro atoms. The molecule has 0 aliphatic carbocycles. The predicted molar refractivity (Wildman–Crippen MR) is 117 cm³/mol. The first kappa shape index (κ1) is 24.0. The number of nitrogens with zero attached hydrogens (tertiary/aromatic N) is 2. The topological polar surface area (TPSA) is 43.8 Å². The minimum Gasteiger partial charge on any atom is -0.396 e. The summed E-state index contributed by atoms with van der Waals surface area (Å²) in [5.41, 5.74) is -0.750. The van der Waals surface area contributed by atoms with Gasteiger partial charge in [0.15, 0.2) is 0 Å². The van der Waals surface area contributed by atoms with Crippen molar-refractivity contribution in [2.75, 3.05) is 30.5 Å². The molecule has 3 rings (SSSR count). The second-order valence-electron chi connectivity index (χ2n) is 7.28. The quantitative estimate of drug-likeness (QED) is 0.520. The smallest absolute Gasteiger partial charge is 0.396 e. The number of carbonyl (C=O) groups is 1. The van der Waals surface area contributed by atoms with Crippen LogP contribution in [0, 0.1) is 5.92 Å². The molecule has 1 fully saturated rings. The van der Waals surface area contributed by atoms with Crippen LogP contribution in [-0.4, -0.2) is 42.2 Å². The number of rotatable bonds is 6. The molecule has 168 valence electrons. The summed E-state index contributed by atoms with van der Waals surface area (Å²) < 4.78 is 41.3. The van der Waals surface area contributed by atoms with E-state index in [9.17, 15) is 23.1 Å². The molecule has 2 aromatic carbocycles. The van der Waals surface area contributed by atoms with Gasteiger partial charge in [-0.3, -0.25) is 4.79 Å². The number of hydrogen-bond acceptors (Lipinski definition) is 4. The van der Waals surface area contributed by atoms with Gasteiger partial charge in [0.2, 0.25) is 5.91 Å². The highest BCUT2D eigenvalue weighted by atomic mass is 35.5. The van der Waals surface area contributed by atoms with Gasteiger partial charge >= 0.3 is 6.18 Å². The van der Waals surface area contributed by atoms with Crippen molar-refractivity contribution in [1.29, 1.82) is 0 Å². The maximum atomic E-state index is 13.3. The highest BCUT2D eigenvalue weighted by molar-refractivity contribution is 8.00. The van der Waals surface area contributed by atoms with Crippen molar-refractivity contribution in [3.05, 3.63) is 58.1 Å². The Bertz CT molecular complexity index is 912. The summed E-state index contributed by atoms with van der Waals surface area (Å²) in [6, 6.07) is 9.80. The summed E-state index contributed by atoms with van der Waals surface area (Å²) >= 11 is 13.3. The number of halogens is 5. The number of anilines is 1. The average molecular weight is 493 g/mol. The number of aliphatic hydroxyl groups is 1. The van der Waals surface area contributed by atoms with E-state index >= 15 is 0 Å². The fourth-order valence-electron chi connectivity index (χ4n) is 3.33. The van der Waals surface area contributed by atoms with Gasteiger partial charge < -0.3 is 14.3 Å².